The molecule has 1 aliphatic heterocycles. The number of imidazole rings is 1. The highest BCUT2D eigenvalue weighted by Crippen LogP contribution is 2.39. The monoisotopic (exact) mass is 560 g/mol. The van der Waals surface area contributed by atoms with Crippen LogP contribution in [0, 0.1) is 5.92 Å². The van der Waals surface area contributed by atoms with E-state index in [0.717, 1.165) is 25.1 Å². The number of para-hydroxylation sites is 1. The standard InChI is InChI=1S/C25H21F5N8O2/c1-12(34-35-18(13-5-6-13)16-8-10-38(36-16)24(26)27)23(39)37-9-7-15-19(32-11-31-15)20(37)22-33-17-4-2-3-14(21(17)40-22)25(28,29)30/h2-4,8,10-11,13,20,24H,5-7,9H2,1H3,(H,31,32)/b34-12+,35-18+/t20-/m0/s1. The molecule has 0 bridgehead atoms. The van der Waals surface area contributed by atoms with Crippen molar-refractivity contribution >= 4 is 28.4 Å². The first-order valence-corrected chi connectivity index (χ1v) is 12.4. The van der Waals surface area contributed by atoms with E-state index >= 15 is 0 Å². The maximum absolute atomic E-state index is 13.6. The van der Waals surface area contributed by atoms with Crippen molar-refractivity contribution in [3.05, 3.63) is 65.3 Å². The zero-order chi connectivity index (χ0) is 28.2. The summed E-state index contributed by atoms with van der Waals surface area (Å²) >= 11 is 0. The Morgan fingerprint density at radius 1 is 1.20 bits per heavy atom. The highest BCUT2D eigenvalue weighted by Gasteiger charge is 2.40. The molecule has 0 spiro atoms. The zero-order valence-corrected chi connectivity index (χ0v) is 20.9. The number of carbonyl (C=O) groups is 1. The second-order valence-corrected chi connectivity index (χ2v) is 9.52. The van der Waals surface area contributed by atoms with E-state index in [2.05, 4.69) is 30.3 Å². The van der Waals surface area contributed by atoms with Gasteiger partial charge in [0, 0.05) is 30.8 Å². The zero-order valence-electron chi connectivity index (χ0n) is 20.9. The minimum absolute atomic E-state index is 0.00724. The third kappa shape index (κ3) is 4.64. The summed E-state index contributed by atoms with van der Waals surface area (Å²) in [5, 5.41) is 12.2. The number of halogens is 5. The number of aromatic amines is 1. The average molecular weight is 560 g/mol. The molecule has 2 aliphatic rings. The number of fused-ring (bicyclic) bond motifs is 2. The van der Waals surface area contributed by atoms with Crippen LogP contribution in [0.15, 0.2) is 51.4 Å². The lowest BCUT2D eigenvalue weighted by Crippen LogP contribution is -2.43. The fraction of sp³-hybridized carbons (Fsp3) is 0.360. The van der Waals surface area contributed by atoms with Crippen LogP contribution in [0.5, 0.6) is 0 Å². The van der Waals surface area contributed by atoms with Gasteiger partial charge in [-0.1, -0.05) is 6.07 Å². The number of rotatable bonds is 6. The summed E-state index contributed by atoms with van der Waals surface area (Å²) in [7, 11) is 0. The van der Waals surface area contributed by atoms with Gasteiger partial charge in [-0.15, -0.1) is 5.10 Å². The Bertz CT molecular complexity index is 1650. The van der Waals surface area contributed by atoms with E-state index in [1.165, 1.54) is 36.4 Å². The van der Waals surface area contributed by atoms with Gasteiger partial charge in [-0.25, -0.2) is 14.6 Å². The van der Waals surface area contributed by atoms with Gasteiger partial charge in [-0.2, -0.15) is 32.2 Å². The summed E-state index contributed by atoms with van der Waals surface area (Å²) < 4.78 is 73.0. The summed E-state index contributed by atoms with van der Waals surface area (Å²) in [5.41, 5.74) is 0.291. The number of nitrogens with zero attached hydrogens (tertiary/aromatic N) is 7. The van der Waals surface area contributed by atoms with Crippen molar-refractivity contribution < 1.29 is 31.2 Å². The Hall–Kier alpha value is -4.43. The number of nitrogens with one attached hydrogen (secondary N) is 1. The predicted molar refractivity (Wildman–Crippen MR) is 131 cm³/mol. The van der Waals surface area contributed by atoms with Crippen LogP contribution in [0.25, 0.3) is 11.1 Å². The van der Waals surface area contributed by atoms with E-state index < -0.39 is 35.8 Å². The van der Waals surface area contributed by atoms with Gasteiger partial charge in [0.2, 0.25) is 5.89 Å². The highest BCUT2D eigenvalue weighted by atomic mass is 19.4. The first-order chi connectivity index (χ1) is 19.1. The van der Waals surface area contributed by atoms with Crippen molar-refractivity contribution in [3.63, 3.8) is 0 Å². The number of carbonyl (C=O) groups excluding carboxylic acids is 1. The van der Waals surface area contributed by atoms with Gasteiger partial charge >= 0.3 is 12.7 Å². The average Bonchev–Trinajstić information content (AvgIpc) is 3.30. The fourth-order valence-corrected chi connectivity index (χ4v) is 4.71. The number of hydrogen-bond donors (Lipinski definition) is 1. The predicted octanol–water partition coefficient (Wildman–Crippen LogP) is 4.91. The summed E-state index contributed by atoms with van der Waals surface area (Å²) in [5.74, 6) is -0.695. The van der Waals surface area contributed by atoms with Crippen LogP contribution in [-0.4, -0.2) is 53.5 Å². The first-order valence-electron chi connectivity index (χ1n) is 12.4. The molecule has 10 nitrogen and oxygen atoms in total. The second kappa shape index (κ2) is 9.64. The fourth-order valence-electron chi connectivity index (χ4n) is 4.71. The van der Waals surface area contributed by atoms with Crippen LogP contribution in [0.3, 0.4) is 0 Å². The summed E-state index contributed by atoms with van der Waals surface area (Å²) in [4.78, 5) is 26.6. The van der Waals surface area contributed by atoms with Gasteiger partial charge in [-0.3, -0.25) is 4.79 Å². The number of alkyl halides is 5. The third-order valence-electron chi connectivity index (χ3n) is 6.81. The minimum atomic E-state index is -4.67. The van der Waals surface area contributed by atoms with Gasteiger partial charge < -0.3 is 14.3 Å². The van der Waals surface area contributed by atoms with Crippen LogP contribution in [0.2, 0.25) is 0 Å². The molecule has 1 saturated carbocycles. The van der Waals surface area contributed by atoms with Gasteiger partial charge in [0.15, 0.2) is 11.6 Å². The molecule has 40 heavy (non-hydrogen) atoms. The highest BCUT2D eigenvalue weighted by molar-refractivity contribution is 6.38. The number of benzene rings is 1. The van der Waals surface area contributed by atoms with Crippen molar-refractivity contribution in [2.45, 2.75) is 45.0 Å². The molecule has 1 aromatic carbocycles. The SMILES string of the molecule is C/C(=N\N=C(\c1ccn(C(F)F)n1)C1CC1)C(=O)N1CCc2[nH]cnc2[C@H]1c1nc2cccc(C(F)(F)F)c2o1. The van der Waals surface area contributed by atoms with Crippen LogP contribution in [0.1, 0.15) is 60.9 Å². The first kappa shape index (κ1) is 25.8. The third-order valence-corrected chi connectivity index (χ3v) is 6.81. The van der Waals surface area contributed by atoms with Crippen molar-refractivity contribution in [3.8, 4) is 0 Å². The van der Waals surface area contributed by atoms with Crippen molar-refractivity contribution in [1.82, 2.24) is 29.6 Å². The van der Waals surface area contributed by atoms with Crippen molar-refractivity contribution in [2.75, 3.05) is 6.54 Å². The van der Waals surface area contributed by atoms with Crippen LogP contribution in [-0.2, 0) is 17.4 Å². The lowest BCUT2D eigenvalue weighted by Gasteiger charge is -2.32. The molecule has 1 N–H and O–H groups in total. The molecule has 1 aliphatic carbocycles. The Morgan fingerprint density at radius 2 is 2.00 bits per heavy atom. The number of amides is 1. The molecule has 3 aromatic heterocycles. The van der Waals surface area contributed by atoms with Gasteiger partial charge in [0.25, 0.3) is 5.91 Å². The van der Waals surface area contributed by atoms with Crippen molar-refractivity contribution in [2.24, 2.45) is 16.1 Å². The largest absolute Gasteiger partial charge is 0.437 e. The van der Waals surface area contributed by atoms with Gasteiger partial charge in [0.1, 0.15) is 22.5 Å². The lowest BCUT2D eigenvalue weighted by molar-refractivity contribution is -0.137. The molecule has 4 heterocycles. The number of hydrogen-bond acceptors (Lipinski definition) is 7. The minimum Gasteiger partial charge on any atom is -0.437 e. The quantitative estimate of drug-likeness (QED) is 0.204. The molecule has 1 amide bonds. The lowest BCUT2D eigenvalue weighted by atomic mass is 10.0. The summed E-state index contributed by atoms with van der Waals surface area (Å²) in [6.07, 6.45) is -0.111. The molecule has 15 heteroatoms. The normalized spacial score (nSPS) is 18.6. The van der Waals surface area contributed by atoms with E-state index in [1.54, 1.807) is 0 Å². The Kier molecular flexibility index (Phi) is 6.22. The Morgan fingerprint density at radius 3 is 2.70 bits per heavy atom. The molecule has 0 radical (unpaired) electrons. The molecule has 4 aromatic rings. The van der Waals surface area contributed by atoms with Gasteiger partial charge in [-0.05, 0) is 38.0 Å². The second-order valence-electron chi connectivity index (χ2n) is 9.52. The molecular weight excluding hydrogens is 539 g/mol. The van der Waals surface area contributed by atoms with E-state index in [-0.39, 0.29) is 35.3 Å². The topological polar surface area (TPSA) is 118 Å². The van der Waals surface area contributed by atoms with Crippen molar-refractivity contribution in [1.29, 1.82) is 0 Å². The summed E-state index contributed by atoms with van der Waals surface area (Å²) in [6.45, 7) is -1.18. The maximum atomic E-state index is 13.6. The van der Waals surface area contributed by atoms with Crippen LogP contribution in [0.4, 0.5) is 22.0 Å². The molecule has 0 unspecified atom stereocenters. The number of aromatic nitrogens is 5. The molecular formula is C25H21F5N8O2. The Balaban J connectivity index is 1.35. The Labute approximate surface area is 222 Å². The van der Waals surface area contributed by atoms with E-state index in [4.69, 9.17) is 4.42 Å². The molecule has 1 atom stereocenters. The van der Waals surface area contributed by atoms with Gasteiger partial charge in [0.05, 0.1) is 17.7 Å². The smallest absolute Gasteiger partial charge is 0.420 e. The molecule has 1 fully saturated rings. The molecule has 6 rings (SSSR count). The number of H-pyrrole nitrogens is 1. The van der Waals surface area contributed by atoms with E-state index in [0.29, 0.717) is 28.2 Å². The maximum Gasteiger partial charge on any atom is 0.420 e. The van der Waals surface area contributed by atoms with E-state index in [1.807, 2.05) is 0 Å². The molecule has 208 valence electrons. The van der Waals surface area contributed by atoms with Crippen LogP contribution < -0.4 is 0 Å². The molecule has 0 saturated heterocycles. The van der Waals surface area contributed by atoms with Crippen LogP contribution >= 0.6 is 0 Å². The summed E-state index contributed by atoms with van der Waals surface area (Å²) in [6, 6.07) is 3.93. The number of oxazole rings is 1. The van der Waals surface area contributed by atoms with E-state index in [9.17, 15) is 26.7 Å².